The topological polar surface area (TPSA) is 68.3 Å². The second kappa shape index (κ2) is 6.72. The zero-order chi connectivity index (χ0) is 16.2. The van der Waals surface area contributed by atoms with E-state index in [1.807, 2.05) is 35.7 Å². The third-order valence-corrected chi connectivity index (χ3v) is 4.79. The summed E-state index contributed by atoms with van der Waals surface area (Å²) in [5.41, 5.74) is 1.76. The van der Waals surface area contributed by atoms with Crippen LogP contribution in [-0.4, -0.2) is 23.4 Å². The molecule has 0 unspecified atom stereocenters. The van der Waals surface area contributed by atoms with Gasteiger partial charge in [0.05, 0.1) is 17.7 Å². The Labute approximate surface area is 140 Å². The molecular formula is C16H12N2O3S2. The molecular weight excluding hydrogens is 332 g/mol. The number of aromatic nitrogens is 1. The Morgan fingerprint density at radius 3 is 2.57 bits per heavy atom. The molecule has 116 valence electrons. The van der Waals surface area contributed by atoms with E-state index in [-0.39, 0.29) is 10.8 Å². The summed E-state index contributed by atoms with van der Waals surface area (Å²) >= 11 is 2.34. The van der Waals surface area contributed by atoms with Gasteiger partial charge < -0.3 is 10.1 Å². The predicted octanol–water partition coefficient (Wildman–Crippen LogP) is 3.91. The normalized spacial score (nSPS) is 10.3. The summed E-state index contributed by atoms with van der Waals surface area (Å²) in [6, 6.07) is 12.9. The van der Waals surface area contributed by atoms with Crippen LogP contribution in [0.3, 0.4) is 0 Å². The van der Waals surface area contributed by atoms with Gasteiger partial charge in [-0.05, 0) is 23.0 Å². The van der Waals surface area contributed by atoms with Gasteiger partial charge in [0, 0.05) is 5.56 Å². The van der Waals surface area contributed by atoms with Gasteiger partial charge in [0.25, 0.3) is 5.91 Å². The lowest BCUT2D eigenvalue weighted by atomic mass is 10.1. The maximum Gasteiger partial charge on any atom is 0.351 e. The van der Waals surface area contributed by atoms with Gasteiger partial charge in [-0.25, -0.2) is 4.79 Å². The number of nitrogens with zero attached hydrogens (tertiary/aromatic N) is 1. The molecule has 3 rings (SSSR count). The molecule has 2 aromatic heterocycles. The van der Waals surface area contributed by atoms with E-state index in [0.29, 0.717) is 16.3 Å². The third-order valence-electron chi connectivity index (χ3n) is 3.09. The molecule has 1 amide bonds. The monoisotopic (exact) mass is 344 g/mol. The van der Waals surface area contributed by atoms with Crippen LogP contribution in [0.15, 0.2) is 47.8 Å². The number of carbonyl (C=O) groups excluding carboxylic acids is 2. The van der Waals surface area contributed by atoms with E-state index >= 15 is 0 Å². The van der Waals surface area contributed by atoms with Crippen LogP contribution in [0, 0.1) is 0 Å². The van der Waals surface area contributed by atoms with Crippen molar-refractivity contribution in [2.75, 3.05) is 12.4 Å². The van der Waals surface area contributed by atoms with Crippen LogP contribution >= 0.6 is 22.9 Å². The van der Waals surface area contributed by atoms with E-state index in [1.54, 1.807) is 12.1 Å². The van der Waals surface area contributed by atoms with Crippen molar-refractivity contribution in [3.63, 3.8) is 0 Å². The smallest absolute Gasteiger partial charge is 0.351 e. The number of carbonyl (C=O) groups is 2. The quantitative estimate of drug-likeness (QED) is 0.729. The van der Waals surface area contributed by atoms with Crippen molar-refractivity contribution in [1.82, 2.24) is 4.37 Å². The Morgan fingerprint density at radius 1 is 1.13 bits per heavy atom. The Kier molecular flexibility index (Phi) is 4.50. The van der Waals surface area contributed by atoms with E-state index in [9.17, 15) is 9.59 Å². The van der Waals surface area contributed by atoms with Crippen LogP contribution in [0.25, 0.3) is 11.3 Å². The number of benzene rings is 1. The molecule has 0 aliphatic rings. The molecule has 0 spiro atoms. The van der Waals surface area contributed by atoms with Crippen LogP contribution < -0.4 is 5.32 Å². The number of nitrogens with one attached hydrogen (secondary N) is 1. The molecule has 0 fully saturated rings. The fraction of sp³-hybridized carbons (Fsp3) is 0.0625. The molecule has 0 saturated carbocycles. The number of rotatable bonds is 4. The molecule has 1 N–H and O–H groups in total. The summed E-state index contributed by atoms with van der Waals surface area (Å²) in [5, 5.41) is 4.61. The predicted molar refractivity (Wildman–Crippen MR) is 91.2 cm³/mol. The number of methoxy groups -OCH3 is 1. The number of amides is 1. The van der Waals surface area contributed by atoms with Gasteiger partial charge in [-0.3, -0.25) is 4.79 Å². The van der Waals surface area contributed by atoms with Gasteiger partial charge in [0.2, 0.25) is 0 Å². The lowest BCUT2D eigenvalue weighted by molar-refractivity contribution is 0.0607. The molecule has 7 heteroatoms. The van der Waals surface area contributed by atoms with Gasteiger partial charge in [-0.15, -0.1) is 11.3 Å². The molecule has 0 aliphatic carbocycles. The van der Waals surface area contributed by atoms with Crippen molar-refractivity contribution in [2.45, 2.75) is 0 Å². The van der Waals surface area contributed by atoms with E-state index in [0.717, 1.165) is 17.1 Å². The summed E-state index contributed by atoms with van der Waals surface area (Å²) in [5.74, 6) is -0.798. The Morgan fingerprint density at radius 2 is 1.91 bits per heavy atom. The molecule has 0 radical (unpaired) electrons. The average Bonchev–Trinajstić information content (AvgIpc) is 3.25. The van der Waals surface area contributed by atoms with Crippen LogP contribution in [0.4, 0.5) is 5.69 Å². The van der Waals surface area contributed by atoms with Crippen LogP contribution in [-0.2, 0) is 4.74 Å². The fourth-order valence-corrected chi connectivity index (χ4v) is 3.41. The number of thiophene rings is 1. The van der Waals surface area contributed by atoms with Crippen LogP contribution in [0.5, 0.6) is 0 Å². The molecule has 2 heterocycles. The maximum atomic E-state index is 12.3. The summed E-state index contributed by atoms with van der Waals surface area (Å²) in [6.45, 7) is 0. The van der Waals surface area contributed by atoms with Gasteiger partial charge in [0.1, 0.15) is 5.69 Å². The van der Waals surface area contributed by atoms with Gasteiger partial charge in [0.15, 0.2) is 4.88 Å². The SMILES string of the molecule is COC(=O)c1snc(-c2ccccc2)c1NC(=O)c1cccs1. The van der Waals surface area contributed by atoms with Crippen LogP contribution in [0.2, 0.25) is 0 Å². The average molecular weight is 344 g/mol. The second-order valence-electron chi connectivity index (χ2n) is 4.52. The fourth-order valence-electron chi connectivity index (χ4n) is 2.01. The van der Waals surface area contributed by atoms with Crippen LogP contribution in [0.1, 0.15) is 19.3 Å². The summed E-state index contributed by atoms with van der Waals surface area (Å²) in [7, 11) is 1.30. The Bertz CT molecular complexity index is 826. The Hall–Kier alpha value is -2.51. The minimum Gasteiger partial charge on any atom is -0.465 e. The lowest BCUT2D eigenvalue weighted by Crippen LogP contribution is -2.13. The zero-order valence-corrected chi connectivity index (χ0v) is 13.7. The highest BCUT2D eigenvalue weighted by atomic mass is 32.1. The summed E-state index contributed by atoms with van der Waals surface area (Å²) in [6.07, 6.45) is 0. The molecule has 23 heavy (non-hydrogen) atoms. The molecule has 0 saturated heterocycles. The first kappa shape index (κ1) is 15.4. The summed E-state index contributed by atoms with van der Waals surface area (Å²) < 4.78 is 9.10. The number of hydrogen-bond donors (Lipinski definition) is 1. The highest BCUT2D eigenvalue weighted by Crippen LogP contribution is 2.34. The minimum absolute atomic E-state index is 0.274. The van der Waals surface area contributed by atoms with Crippen molar-refractivity contribution in [2.24, 2.45) is 0 Å². The number of anilines is 1. The van der Waals surface area contributed by atoms with Crippen molar-refractivity contribution in [3.8, 4) is 11.3 Å². The van der Waals surface area contributed by atoms with Gasteiger partial charge >= 0.3 is 5.97 Å². The largest absolute Gasteiger partial charge is 0.465 e. The number of esters is 1. The number of hydrogen-bond acceptors (Lipinski definition) is 6. The van der Waals surface area contributed by atoms with E-state index in [4.69, 9.17) is 4.74 Å². The van der Waals surface area contributed by atoms with E-state index in [2.05, 4.69) is 9.69 Å². The van der Waals surface area contributed by atoms with Crippen molar-refractivity contribution >= 4 is 40.4 Å². The van der Waals surface area contributed by atoms with Gasteiger partial charge in [-0.2, -0.15) is 4.37 Å². The molecule has 1 aromatic carbocycles. The molecule has 0 bridgehead atoms. The molecule has 5 nitrogen and oxygen atoms in total. The minimum atomic E-state index is -0.522. The van der Waals surface area contributed by atoms with E-state index < -0.39 is 5.97 Å². The third kappa shape index (κ3) is 3.15. The summed E-state index contributed by atoms with van der Waals surface area (Å²) in [4.78, 5) is 25.1. The highest BCUT2D eigenvalue weighted by Gasteiger charge is 2.23. The molecule has 0 aliphatic heterocycles. The van der Waals surface area contributed by atoms with Crippen molar-refractivity contribution in [1.29, 1.82) is 0 Å². The Balaban J connectivity index is 2.03. The standard InChI is InChI=1S/C16H12N2O3S2/c1-21-16(20)14-13(17-15(19)11-8-5-9-22-11)12(18-23-14)10-6-3-2-4-7-10/h2-9H,1H3,(H,17,19). The second-order valence-corrected chi connectivity index (χ2v) is 6.25. The first-order valence-electron chi connectivity index (χ1n) is 6.69. The molecule has 3 aromatic rings. The van der Waals surface area contributed by atoms with Crippen molar-refractivity contribution < 1.29 is 14.3 Å². The highest BCUT2D eigenvalue weighted by molar-refractivity contribution is 7.12. The molecule has 0 atom stereocenters. The first-order valence-corrected chi connectivity index (χ1v) is 8.34. The number of ether oxygens (including phenoxy) is 1. The maximum absolute atomic E-state index is 12.3. The zero-order valence-electron chi connectivity index (χ0n) is 12.1. The first-order chi connectivity index (χ1) is 11.2. The van der Waals surface area contributed by atoms with Gasteiger partial charge in [-0.1, -0.05) is 36.4 Å². The van der Waals surface area contributed by atoms with E-state index in [1.165, 1.54) is 18.4 Å². The van der Waals surface area contributed by atoms with Crippen molar-refractivity contribution in [3.05, 3.63) is 57.6 Å². The lowest BCUT2D eigenvalue weighted by Gasteiger charge is -2.07.